The summed E-state index contributed by atoms with van der Waals surface area (Å²) in [4.78, 5) is 2.11. The minimum Gasteiger partial charge on any atom is -0.380 e. The van der Waals surface area contributed by atoms with Gasteiger partial charge in [0.1, 0.15) is 5.82 Å². The van der Waals surface area contributed by atoms with Crippen LogP contribution in [0.15, 0.2) is 48.7 Å². The van der Waals surface area contributed by atoms with Crippen LogP contribution < -0.4 is 0 Å². The maximum absolute atomic E-state index is 14.3. The third kappa shape index (κ3) is 5.82. The second-order valence-corrected chi connectivity index (χ2v) is 7.14. The Morgan fingerprint density at radius 1 is 1.24 bits per heavy atom. The Hall–Kier alpha value is -1.40. The molecule has 0 aliphatic carbocycles. The topological polar surface area (TPSA) is 12.5 Å². The third-order valence-corrected chi connectivity index (χ3v) is 5.37. The van der Waals surface area contributed by atoms with Crippen LogP contribution in [-0.4, -0.2) is 35.8 Å². The summed E-state index contributed by atoms with van der Waals surface area (Å²) in [7, 11) is 1.68. The van der Waals surface area contributed by atoms with E-state index in [-0.39, 0.29) is 23.5 Å². The van der Waals surface area contributed by atoms with Crippen LogP contribution in [0.25, 0.3) is 0 Å². The van der Waals surface area contributed by atoms with Crippen LogP contribution in [-0.2, 0) is 10.7 Å². The second-order valence-electron chi connectivity index (χ2n) is 5.91. The molecule has 2 unspecified atom stereocenters. The third-order valence-electron chi connectivity index (χ3n) is 4.17. The Kier molecular flexibility index (Phi) is 7.44. The molecule has 0 N–H and O–H groups in total. The van der Waals surface area contributed by atoms with Crippen molar-refractivity contribution in [2.45, 2.75) is 37.2 Å². The molecule has 0 amide bonds. The molecule has 1 aliphatic rings. The van der Waals surface area contributed by atoms with E-state index < -0.39 is 11.7 Å². The molecular weight excluding hydrogens is 347 g/mol. The van der Waals surface area contributed by atoms with Gasteiger partial charge in [-0.1, -0.05) is 31.2 Å². The van der Waals surface area contributed by atoms with Crippen molar-refractivity contribution in [2.24, 2.45) is 0 Å². The van der Waals surface area contributed by atoms with E-state index in [1.54, 1.807) is 7.11 Å². The quantitative estimate of drug-likeness (QED) is 0.594. The zero-order chi connectivity index (χ0) is 18.3. The van der Waals surface area contributed by atoms with Gasteiger partial charge in [0.05, 0.1) is 11.5 Å². The first-order valence-corrected chi connectivity index (χ1v) is 9.40. The number of hydrogen-bond donors (Lipinski definition) is 0. The molecule has 0 saturated carbocycles. The van der Waals surface area contributed by atoms with Gasteiger partial charge in [-0.15, -0.1) is 11.8 Å². The van der Waals surface area contributed by atoms with E-state index in [1.807, 2.05) is 24.4 Å². The minimum absolute atomic E-state index is 0.0122. The van der Waals surface area contributed by atoms with Gasteiger partial charge in [0.25, 0.3) is 5.92 Å². The number of ether oxygens (including phenoxy) is 1. The van der Waals surface area contributed by atoms with Crippen molar-refractivity contribution in [3.63, 3.8) is 0 Å². The molecule has 25 heavy (non-hydrogen) atoms. The first kappa shape index (κ1) is 19.9. The second kappa shape index (κ2) is 9.34. The number of alkyl halides is 2. The lowest BCUT2D eigenvalue weighted by Gasteiger charge is -2.32. The predicted octanol–water partition coefficient (Wildman–Crippen LogP) is 5.18. The molecule has 2 rings (SSSR count). The molecule has 1 heterocycles. The van der Waals surface area contributed by atoms with Gasteiger partial charge in [-0.3, -0.25) is 0 Å². The normalized spacial score (nSPS) is 18.6. The van der Waals surface area contributed by atoms with Gasteiger partial charge in [-0.05, 0) is 24.6 Å². The Morgan fingerprint density at radius 2 is 1.96 bits per heavy atom. The van der Waals surface area contributed by atoms with Gasteiger partial charge in [0.2, 0.25) is 0 Å². The summed E-state index contributed by atoms with van der Waals surface area (Å²) in [5, 5.41) is 0.0122. The molecule has 0 spiro atoms. The first-order chi connectivity index (χ1) is 12.0. The summed E-state index contributed by atoms with van der Waals surface area (Å²) >= 11 is 1.47. The summed E-state index contributed by atoms with van der Waals surface area (Å²) in [6.45, 7) is 2.78. The van der Waals surface area contributed by atoms with Crippen molar-refractivity contribution in [3.8, 4) is 0 Å². The van der Waals surface area contributed by atoms with Gasteiger partial charge < -0.3 is 9.64 Å². The van der Waals surface area contributed by atoms with Crippen molar-refractivity contribution in [1.82, 2.24) is 4.90 Å². The van der Waals surface area contributed by atoms with Crippen LogP contribution in [0.5, 0.6) is 0 Å². The maximum atomic E-state index is 14.3. The average Bonchev–Trinajstić information content (AvgIpc) is 2.61. The summed E-state index contributed by atoms with van der Waals surface area (Å²) in [6.07, 6.45) is 8.56. The first-order valence-electron chi connectivity index (χ1n) is 8.35. The fourth-order valence-electron chi connectivity index (χ4n) is 2.58. The number of benzene rings is 1. The van der Waals surface area contributed by atoms with E-state index in [0.717, 1.165) is 37.2 Å². The highest BCUT2D eigenvalue weighted by atomic mass is 32.2. The Morgan fingerprint density at radius 3 is 2.60 bits per heavy atom. The van der Waals surface area contributed by atoms with Crippen LogP contribution in [0.1, 0.15) is 25.3 Å². The number of allylic oxidation sites excluding steroid dienone is 2. The molecule has 138 valence electrons. The van der Waals surface area contributed by atoms with E-state index in [1.165, 1.54) is 11.8 Å². The molecule has 0 radical (unpaired) electrons. The number of hydrogen-bond acceptors (Lipinski definition) is 3. The highest BCUT2D eigenvalue weighted by molar-refractivity contribution is 8.00. The molecule has 2 nitrogen and oxygen atoms in total. The minimum atomic E-state index is -2.96. The lowest BCUT2D eigenvalue weighted by molar-refractivity contribution is -0.00713. The zero-order valence-corrected chi connectivity index (χ0v) is 15.3. The van der Waals surface area contributed by atoms with Crippen molar-refractivity contribution in [1.29, 1.82) is 0 Å². The van der Waals surface area contributed by atoms with E-state index in [0.29, 0.717) is 5.75 Å². The van der Waals surface area contributed by atoms with Crippen molar-refractivity contribution in [3.05, 3.63) is 60.1 Å². The summed E-state index contributed by atoms with van der Waals surface area (Å²) in [6, 6.07) is 4.45. The fourth-order valence-corrected chi connectivity index (χ4v) is 3.75. The summed E-state index contributed by atoms with van der Waals surface area (Å²) in [5.41, 5.74) is -0.143. The van der Waals surface area contributed by atoms with Gasteiger partial charge in [0.15, 0.2) is 0 Å². The summed E-state index contributed by atoms with van der Waals surface area (Å²) < 4.78 is 46.8. The van der Waals surface area contributed by atoms with Gasteiger partial charge in [0, 0.05) is 37.6 Å². The van der Waals surface area contributed by atoms with Crippen LogP contribution in [0.2, 0.25) is 0 Å². The number of methoxy groups -OCH3 is 1. The van der Waals surface area contributed by atoms with Gasteiger partial charge in [-0.2, -0.15) is 0 Å². The van der Waals surface area contributed by atoms with E-state index >= 15 is 0 Å². The molecule has 0 saturated heterocycles. The molecule has 6 heteroatoms. The SMILES string of the molecule is CCC(CN1C=CC=CC1SCCC(F)(F)c1ccc(F)cc1)OC. The predicted molar refractivity (Wildman–Crippen MR) is 97.2 cm³/mol. The summed E-state index contributed by atoms with van der Waals surface area (Å²) in [5.74, 6) is -3.17. The lowest BCUT2D eigenvalue weighted by Crippen LogP contribution is -2.36. The van der Waals surface area contributed by atoms with Crippen molar-refractivity contribution < 1.29 is 17.9 Å². The van der Waals surface area contributed by atoms with Gasteiger partial charge in [-0.25, -0.2) is 13.2 Å². The van der Waals surface area contributed by atoms with Gasteiger partial charge >= 0.3 is 0 Å². The van der Waals surface area contributed by atoms with Crippen LogP contribution >= 0.6 is 11.8 Å². The Bertz CT molecular complexity index is 585. The molecule has 0 bridgehead atoms. The maximum Gasteiger partial charge on any atom is 0.274 e. The average molecular weight is 371 g/mol. The fraction of sp³-hybridized carbons (Fsp3) is 0.474. The smallest absolute Gasteiger partial charge is 0.274 e. The lowest BCUT2D eigenvalue weighted by atomic mass is 10.1. The number of thioether (sulfide) groups is 1. The molecule has 1 aliphatic heterocycles. The molecule has 1 aromatic carbocycles. The Labute approximate surface area is 151 Å². The molecule has 1 aromatic rings. The highest BCUT2D eigenvalue weighted by Gasteiger charge is 2.31. The van der Waals surface area contributed by atoms with Crippen molar-refractivity contribution >= 4 is 11.8 Å². The molecule has 0 aromatic heterocycles. The Balaban J connectivity index is 1.89. The largest absolute Gasteiger partial charge is 0.380 e. The zero-order valence-electron chi connectivity index (χ0n) is 14.5. The molecular formula is C19H24F3NOS. The number of rotatable bonds is 9. The monoisotopic (exact) mass is 371 g/mol. The molecule has 0 fully saturated rings. The number of nitrogens with zero attached hydrogens (tertiary/aromatic N) is 1. The number of halogens is 3. The van der Waals surface area contributed by atoms with Crippen molar-refractivity contribution in [2.75, 3.05) is 19.4 Å². The van der Waals surface area contributed by atoms with Crippen LogP contribution in [0, 0.1) is 5.82 Å². The van der Waals surface area contributed by atoms with E-state index in [9.17, 15) is 13.2 Å². The van der Waals surface area contributed by atoms with Crippen LogP contribution in [0.3, 0.4) is 0 Å². The molecule has 2 atom stereocenters. The standard InChI is InChI=1S/C19H24F3NOS/c1-3-17(24-2)14-23-12-5-4-6-18(23)25-13-11-19(21,22)15-7-9-16(20)10-8-15/h4-10,12,17-18H,3,11,13-14H2,1-2H3. The highest BCUT2D eigenvalue weighted by Crippen LogP contribution is 2.34. The van der Waals surface area contributed by atoms with E-state index in [2.05, 4.69) is 11.8 Å². The van der Waals surface area contributed by atoms with E-state index in [4.69, 9.17) is 4.74 Å². The van der Waals surface area contributed by atoms with Crippen LogP contribution in [0.4, 0.5) is 13.2 Å².